The third kappa shape index (κ3) is 5.26. The maximum atomic E-state index is 12.8. The van der Waals surface area contributed by atoms with Crippen molar-refractivity contribution in [1.82, 2.24) is 10.2 Å². The molecule has 0 aliphatic carbocycles. The Hall–Kier alpha value is -4.17. The molecule has 8 heteroatoms. The van der Waals surface area contributed by atoms with Crippen molar-refractivity contribution in [3.8, 4) is 11.5 Å². The summed E-state index contributed by atoms with van der Waals surface area (Å²) in [5.74, 6) is 1.28. The lowest BCUT2D eigenvalue weighted by molar-refractivity contribution is 0.0977. The minimum atomic E-state index is -0.352. The van der Waals surface area contributed by atoms with Gasteiger partial charge in [-0.2, -0.15) is 0 Å². The van der Waals surface area contributed by atoms with Crippen molar-refractivity contribution in [1.29, 1.82) is 5.41 Å². The Morgan fingerprint density at radius 1 is 1.11 bits per heavy atom. The quantitative estimate of drug-likeness (QED) is 0.334. The Kier molecular flexibility index (Phi) is 7.42. The zero-order valence-electron chi connectivity index (χ0n) is 22.0. The first-order chi connectivity index (χ1) is 18.5. The molecule has 1 amide bonds. The standard InChI is InChI=1S/C30H33N5O3/c1-4-38-27-16-22-23(17-26(27)37-3)28(33-25-14-15-35(2)18-24(22)25)19-10-12-20(13-11-19)29(36)34-30(31)32-21-8-6-5-7-9-21/h5-13,16-17,24-25H,4,14-15,18H2,1-3H3,(H3,31,32,34,36)/t24-,25-/m1/s1. The van der Waals surface area contributed by atoms with E-state index >= 15 is 0 Å². The summed E-state index contributed by atoms with van der Waals surface area (Å²) in [5, 5.41) is 13.6. The molecular formula is C30H33N5O3. The van der Waals surface area contributed by atoms with Crippen LogP contribution in [0.4, 0.5) is 5.69 Å². The summed E-state index contributed by atoms with van der Waals surface area (Å²) in [4.78, 5) is 20.3. The maximum absolute atomic E-state index is 12.8. The Morgan fingerprint density at radius 3 is 2.58 bits per heavy atom. The van der Waals surface area contributed by atoms with Gasteiger partial charge in [0.15, 0.2) is 17.5 Å². The third-order valence-corrected chi connectivity index (χ3v) is 7.07. The van der Waals surface area contributed by atoms with E-state index in [-0.39, 0.29) is 23.8 Å². The molecule has 2 atom stereocenters. The summed E-state index contributed by atoms with van der Waals surface area (Å²) in [5.41, 5.74) is 5.29. The molecule has 1 saturated heterocycles. The summed E-state index contributed by atoms with van der Waals surface area (Å²) in [6.45, 7) is 4.48. The fourth-order valence-corrected chi connectivity index (χ4v) is 5.21. The van der Waals surface area contributed by atoms with Crippen LogP contribution >= 0.6 is 0 Å². The molecule has 2 aliphatic rings. The molecule has 2 heterocycles. The van der Waals surface area contributed by atoms with Gasteiger partial charge in [-0.15, -0.1) is 0 Å². The van der Waals surface area contributed by atoms with Crippen molar-refractivity contribution in [2.24, 2.45) is 4.99 Å². The molecular weight excluding hydrogens is 478 g/mol. The number of anilines is 1. The van der Waals surface area contributed by atoms with E-state index in [1.165, 1.54) is 5.56 Å². The summed E-state index contributed by atoms with van der Waals surface area (Å²) < 4.78 is 11.6. The van der Waals surface area contributed by atoms with Crippen LogP contribution in [0.3, 0.4) is 0 Å². The number of nitrogens with zero attached hydrogens (tertiary/aromatic N) is 2. The average Bonchev–Trinajstić information content (AvgIpc) is 2.93. The second kappa shape index (κ2) is 11.1. The van der Waals surface area contributed by atoms with Gasteiger partial charge in [0.1, 0.15) is 0 Å². The zero-order chi connectivity index (χ0) is 26.6. The normalized spacial score (nSPS) is 18.4. The highest BCUT2D eigenvalue weighted by Crippen LogP contribution is 2.42. The van der Waals surface area contributed by atoms with Crippen LogP contribution in [0.2, 0.25) is 0 Å². The number of benzene rings is 3. The van der Waals surface area contributed by atoms with E-state index in [1.807, 2.05) is 55.5 Å². The molecule has 3 aromatic carbocycles. The number of hydrogen-bond donors (Lipinski definition) is 3. The van der Waals surface area contributed by atoms with E-state index in [2.05, 4.69) is 28.6 Å². The summed E-state index contributed by atoms with van der Waals surface area (Å²) in [6, 6.07) is 21.0. The number of likely N-dealkylation sites (N-methyl/N-ethyl adjacent to an activating group) is 1. The number of piperidine rings is 1. The van der Waals surface area contributed by atoms with Crippen LogP contribution in [0.15, 0.2) is 71.7 Å². The van der Waals surface area contributed by atoms with Gasteiger partial charge in [0.2, 0.25) is 0 Å². The average molecular weight is 512 g/mol. The molecule has 2 aliphatic heterocycles. The van der Waals surface area contributed by atoms with Gasteiger partial charge in [-0.05, 0) is 68.9 Å². The van der Waals surface area contributed by atoms with Crippen molar-refractivity contribution in [3.63, 3.8) is 0 Å². The number of amides is 1. The van der Waals surface area contributed by atoms with Gasteiger partial charge < -0.3 is 19.7 Å². The molecule has 0 saturated carbocycles. The highest BCUT2D eigenvalue weighted by atomic mass is 16.5. The van der Waals surface area contributed by atoms with E-state index in [0.29, 0.717) is 17.9 Å². The molecule has 196 valence electrons. The summed E-state index contributed by atoms with van der Waals surface area (Å²) >= 11 is 0. The molecule has 8 nitrogen and oxygen atoms in total. The van der Waals surface area contributed by atoms with Crippen molar-refractivity contribution in [3.05, 3.63) is 89.0 Å². The van der Waals surface area contributed by atoms with E-state index in [4.69, 9.17) is 19.9 Å². The molecule has 1 fully saturated rings. The van der Waals surface area contributed by atoms with Crippen LogP contribution in [0, 0.1) is 5.41 Å². The minimum Gasteiger partial charge on any atom is -0.493 e. The lowest BCUT2D eigenvalue weighted by Gasteiger charge is -2.39. The molecule has 5 rings (SSSR count). The van der Waals surface area contributed by atoms with Gasteiger partial charge >= 0.3 is 0 Å². The van der Waals surface area contributed by atoms with Crippen LogP contribution in [-0.2, 0) is 0 Å². The van der Waals surface area contributed by atoms with Gasteiger partial charge in [-0.1, -0.05) is 30.3 Å². The fourth-order valence-electron chi connectivity index (χ4n) is 5.21. The topological polar surface area (TPSA) is 99.0 Å². The molecule has 0 aromatic heterocycles. The van der Waals surface area contributed by atoms with Crippen LogP contribution in [-0.4, -0.2) is 62.4 Å². The smallest absolute Gasteiger partial charge is 0.257 e. The molecule has 0 radical (unpaired) electrons. The number of nitrogens with one attached hydrogen (secondary N) is 3. The van der Waals surface area contributed by atoms with Gasteiger partial charge in [-0.3, -0.25) is 20.5 Å². The maximum Gasteiger partial charge on any atom is 0.257 e. The number of carbonyl (C=O) groups is 1. The zero-order valence-corrected chi connectivity index (χ0v) is 22.0. The fraction of sp³-hybridized carbons (Fsp3) is 0.300. The Balaban J connectivity index is 1.41. The first-order valence-electron chi connectivity index (χ1n) is 12.9. The monoisotopic (exact) mass is 511 g/mol. The summed E-state index contributed by atoms with van der Waals surface area (Å²) in [7, 11) is 3.81. The first-order valence-corrected chi connectivity index (χ1v) is 12.9. The third-order valence-electron chi connectivity index (χ3n) is 7.07. The van der Waals surface area contributed by atoms with Crippen molar-refractivity contribution in [2.45, 2.75) is 25.3 Å². The number of para-hydroxylation sites is 1. The minimum absolute atomic E-state index is 0.0821. The number of hydrogen-bond acceptors (Lipinski definition) is 6. The van der Waals surface area contributed by atoms with Crippen molar-refractivity contribution >= 4 is 23.3 Å². The second-order valence-electron chi connectivity index (χ2n) is 9.62. The largest absolute Gasteiger partial charge is 0.493 e. The molecule has 0 bridgehead atoms. The number of aliphatic imine (C=N–C) groups is 1. The number of fused-ring (bicyclic) bond motifs is 3. The van der Waals surface area contributed by atoms with Crippen molar-refractivity contribution in [2.75, 3.05) is 39.2 Å². The Morgan fingerprint density at radius 2 is 1.87 bits per heavy atom. The Bertz CT molecular complexity index is 1350. The van der Waals surface area contributed by atoms with Crippen LogP contribution in [0.1, 0.15) is 46.3 Å². The van der Waals surface area contributed by atoms with Gasteiger partial charge in [0.05, 0.1) is 25.5 Å². The van der Waals surface area contributed by atoms with Gasteiger partial charge in [-0.25, -0.2) is 0 Å². The van der Waals surface area contributed by atoms with E-state index in [0.717, 1.165) is 47.8 Å². The number of rotatable bonds is 6. The number of carbonyl (C=O) groups excluding carboxylic acids is 1. The highest BCUT2D eigenvalue weighted by Gasteiger charge is 2.36. The van der Waals surface area contributed by atoms with Gasteiger partial charge in [0, 0.05) is 34.8 Å². The van der Waals surface area contributed by atoms with E-state index in [1.54, 1.807) is 19.2 Å². The number of guanidine groups is 1. The van der Waals surface area contributed by atoms with Crippen molar-refractivity contribution < 1.29 is 14.3 Å². The molecule has 3 aromatic rings. The number of methoxy groups -OCH3 is 1. The first kappa shape index (κ1) is 25.5. The number of likely N-dealkylation sites (tertiary alicyclic amines) is 1. The van der Waals surface area contributed by atoms with Gasteiger partial charge in [0.25, 0.3) is 5.91 Å². The number of ether oxygens (including phenoxy) is 2. The van der Waals surface area contributed by atoms with Crippen LogP contribution in [0.5, 0.6) is 11.5 Å². The molecule has 0 spiro atoms. The molecule has 3 N–H and O–H groups in total. The lowest BCUT2D eigenvalue weighted by Crippen LogP contribution is -2.41. The molecule has 38 heavy (non-hydrogen) atoms. The van der Waals surface area contributed by atoms with Crippen LogP contribution in [0.25, 0.3) is 0 Å². The molecule has 0 unspecified atom stereocenters. The Labute approximate surface area is 223 Å². The highest BCUT2D eigenvalue weighted by molar-refractivity contribution is 6.15. The lowest BCUT2D eigenvalue weighted by atomic mass is 9.79. The van der Waals surface area contributed by atoms with Crippen LogP contribution < -0.4 is 20.1 Å². The predicted molar refractivity (Wildman–Crippen MR) is 150 cm³/mol. The SMILES string of the molecule is CCOc1cc2c(cc1OC)C(c1ccc(C(=O)NC(=N)Nc3ccccc3)cc1)=N[C@@H]1CCN(C)C[C@H]21. The predicted octanol–water partition coefficient (Wildman–Crippen LogP) is 4.51. The summed E-state index contributed by atoms with van der Waals surface area (Å²) in [6.07, 6.45) is 0.983. The van der Waals surface area contributed by atoms with E-state index < -0.39 is 0 Å². The second-order valence-corrected chi connectivity index (χ2v) is 9.62. The van der Waals surface area contributed by atoms with E-state index in [9.17, 15) is 4.79 Å².